The van der Waals surface area contributed by atoms with Crippen LogP contribution in [-0.2, 0) is 5.75 Å². The Morgan fingerprint density at radius 2 is 1.74 bits per heavy atom. The van der Waals surface area contributed by atoms with Crippen molar-refractivity contribution in [1.29, 1.82) is 0 Å². The Balaban J connectivity index is 1.88. The van der Waals surface area contributed by atoms with Gasteiger partial charge < -0.3 is 0 Å². The molecule has 0 saturated heterocycles. The van der Waals surface area contributed by atoms with Crippen molar-refractivity contribution < 1.29 is 0 Å². The lowest BCUT2D eigenvalue weighted by Crippen LogP contribution is -1.88. The highest BCUT2D eigenvalue weighted by Gasteiger charge is 2.05. The lowest BCUT2D eigenvalue weighted by atomic mass is 10.2. The Morgan fingerprint density at radius 3 is 2.63 bits per heavy atom. The summed E-state index contributed by atoms with van der Waals surface area (Å²) in [6, 6.07) is 16.4. The van der Waals surface area contributed by atoms with Crippen LogP contribution in [0, 0.1) is 0 Å². The van der Waals surface area contributed by atoms with Crippen molar-refractivity contribution in [2.75, 3.05) is 0 Å². The summed E-state index contributed by atoms with van der Waals surface area (Å²) in [4.78, 5) is 8.67. The first kappa shape index (κ1) is 12.6. The molecule has 19 heavy (non-hydrogen) atoms. The van der Waals surface area contributed by atoms with Crippen molar-refractivity contribution in [2.24, 2.45) is 0 Å². The maximum atomic E-state index is 4.39. The third kappa shape index (κ3) is 2.80. The van der Waals surface area contributed by atoms with Gasteiger partial charge in [-0.15, -0.1) is 11.8 Å². The van der Waals surface area contributed by atoms with Gasteiger partial charge in [0.05, 0.1) is 5.52 Å². The fourth-order valence-electron chi connectivity index (χ4n) is 1.86. The van der Waals surface area contributed by atoms with Gasteiger partial charge >= 0.3 is 0 Å². The van der Waals surface area contributed by atoms with Crippen LogP contribution in [0.3, 0.4) is 0 Å². The van der Waals surface area contributed by atoms with Gasteiger partial charge in [-0.25, -0.2) is 9.97 Å². The van der Waals surface area contributed by atoms with Gasteiger partial charge in [0.2, 0.25) is 0 Å². The number of aromatic nitrogens is 2. The number of para-hydroxylation sites is 1. The molecular formula is C15H11BrN2S. The zero-order chi connectivity index (χ0) is 13.1. The predicted molar refractivity (Wildman–Crippen MR) is 83.2 cm³/mol. The van der Waals surface area contributed by atoms with Crippen LogP contribution in [0.15, 0.2) is 64.4 Å². The third-order valence-electron chi connectivity index (χ3n) is 2.83. The Kier molecular flexibility index (Phi) is 3.80. The topological polar surface area (TPSA) is 25.8 Å². The van der Waals surface area contributed by atoms with E-state index in [0.29, 0.717) is 0 Å². The summed E-state index contributed by atoms with van der Waals surface area (Å²) in [5.74, 6) is 0.891. The molecule has 0 fully saturated rings. The van der Waals surface area contributed by atoms with Crippen LogP contribution in [0.25, 0.3) is 10.9 Å². The summed E-state index contributed by atoms with van der Waals surface area (Å²) in [7, 11) is 0. The Labute approximate surface area is 124 Å². The number of nitrogens with zero attached hydrogens (tertiary/aromatic N) is 2. The fraction of sp³-hybridized carbons (Fsp3) is 0.0667. The first-order chi connectivity index (χ1) is 9.34. The molecule has 0 N–H and O–H groups in total. The van der Waals surface area contributed by atoms with Crippen LogP contribution in [0.5, 0.6) is 0 Å². The Hall–Kier alpha value is -1.39. The minimum absolute atomic E-state index is 0.891. The van der Waals surface area contributed by atoms with Gasteiger partial charge in [0.25, 0.3) is 0 Å². The maximum Gasteiger partial charge on any atom is 0.117 e. The molecule has 0 unspecified atom stereocenters. The molecule has 0 atom stereocenters. The number of benzene rings is 2. The molecule has 0 aliphatic rings. The van der Waals surface area contributed by atoms with Gasteiger partial charge in [0.15, 0.2) is 0 Å². The van der Waals surface area contributed by atoms with Gasteiger partial charge in [-0.05, 0) is 17.7 Å². The molecule has 0 amide bonds. The van der Waals surface area contributed by atoms with E-state index in [2.05, 4.69) is 50.2 Å². The number of halogens is 1. The highest BCUT2D eigenvalue weighted by atomic mass is 79.9. The van der Waals surface area contributed by atoms with Gasteiger partial charge in [0.1, 0.15) is 11.4 Å². The van der Waals surface area contributed by atoms with Crippen molar-refractivity contribution in [2.45, 2.75) is 10.8 Å². The van der Waals surface area contributed by atoms with E-state index in [9.17, 15) is 0 Å². The Morgan fingerprint density at radius 1 is 0.947 bits per heavy atom. The molecule has 0 radical (unpaired) electrons. The summed E-state index contributed by atoms with van der Waals surface area (Å²) < 4.78 is 1.14. The first-order valence-corrected chi connectivity index (χ1v) is 7.68. The van der Waals surface area contributed by atoms with Gasteiger partial charge in [-0.1, -0.05) is 52.3 Å². The lowest BCUT2D eigenvalue weighted by molar-refractivity contribution is 1.10. The largest absolute Gasteiger partial charge is 0.236 e. The van der Waals surface area contributed by atoms with E-state index in [1.807, 2.05) is 24.3 Å². The number of hydrogen-bond donors (Lipinski definition) is 0. The summed E-state index contributed by atoms with van der Waals surface area (Å²) in [5, 5.41) is 2.14. The van der Waals surface area contributed by atoms with Crippen LogP contribution in [0.2, 0.25) is 0 Å². The quantitative estimate of drug-likeness (QED) is 0.515. The smallest absolute Gasteiger partial charge is 0.117 e. The molecule has 2 nitrogen and oxygen atoms in total. The van der Waals surface area contributed by atoms with E-state index in [-0.39, 0.29) is 0 Å². The van der Waals surface area contributed by atoms with Crippen LogP contribution in [0.1, 0.15) is 5.56 Å². The number of fused-ring (bicyclic) bond motifs is 1. The third-order valence-corrected chi connectivity index (χ3v) is 4.66. The minimum Gasteiger partial charge on any atom is -0.236 e. The molecule has 1 aromatic heterocycles. The molecule has 1 heterocycles. The molecule has 2 aromatic carbocycles. The van der Waals surface area contributed by atoms with Crippen molar-refractivity contribution in [3.8, 4) is 0 Å². The minimum atomic E-state index is 0.891. The number of hydrogen-bond acceptors (Lipinski definition) is 3. The highest BCUT2D eigenvalue weighted by molar-refractivity contribution is 9.10. The molecule has 0 aliphatic heterocycles. The molecule has 0 spiro atoms. The van der Waals surface area contributed by atoms with Gasteiger partial charge in [0, 0.05) is 15.6 Å². The van der Waals surface area contributed by atoms with E-state index in [0.717, 1.165) is 26.2 Å². The second-order valence-corrected chi connectivity index (χ2v) is 5.89. The SMILES string of the molecule is Brc1ccccc1CSc1ncnc2ccccc12. The fourth-order valence-corrected chi connectivity index (χ4v) is 3.46. The van der Waals surface area contributed by atoms with Crippen LogP contribution in [0.4, 0.5) is 0 Å². The maximum absolute atomic E-state index is 4.39. The van der Waals surface area contributed by atoms with Crippen molar-refractivity contribution in [3.63, 3.8) is 0 Å². The molecule has 4 heteroatoms. The predicted octanol–water partition coefficient (Wildman–Crippen LogP) is 4.68. The van der Waals surface area contributed by atoms with Crippen molar-refractivity contribution in [1.82, 2.24) is 9.97 Å². The average molecular weight is 331 g/mol. The van der Waals surface area contributed by atoms with Crippen molar-refractivity contribution >= 4 is 38.6 Å². The van der Waals surface area contributed by atoms with E-state index in [4.69, 9.17) is 0 Å². The van der Waals surface area contributed by atoms with E-state index in [1.54, 1.807) is 18.1 Å². The standard InChI is InChI=1S/C15H11BrN2S/c16-13-7-3-1-5-11(13)9-19-15-12-6-2-4-8-14(12)17-10-18-15/h1-8,10H,9H2. The number of rotatable bonds is 3. The molecule has 3 aromatic rings. The van der Waals surface area contributed by atoms with E-state index in [1.165, 1.54) is 5.56 Å². The average Bonchev–Trinajstić information content (AvgIpc) is 2.46. The zero-order valence-corrected chi connectivity index (χ0v) is 12.5. The molecule has 0 saturated carbocycles. The summed E-state index contributed by atoms with van der Waals surface area (Å²) in [6.45, 7) is 0. The second kappa shape index (κ2) is 5.72. The first-order valence-electron chi connectivity index (χ1n) is 5.90. The van der Waals surface area contributed by atoms with Gasteiger partial charge in [-0.3, -0.25) is 0 Å². The van der Waals surface area contributed by atoms with Crippen LogP contribution >= 0.6 is 27.7 Å². The second-order valence-electron chi connectivity index (χ2n) is 4.08. The normalized spacial score (nSPS) is 10.8. The van der Waals surface area contributed by atoms with Gasteiger partial charge in [-0.2, -0.15) is 0 Å². The van der Waals surface area contributed by atoms with Crippen molar-refractivity contribution in [3.05, 3.63) is 64.9 Å². The number of thioether (sulfide) groups is 1. The monoisotopic (exact) mass is 330 g/mol. The molecule has 0 bridgehead atoms. The molecule has 0 aliphatic carbocycles. The van der Waals surface area contributed by atoms with E-state index >= 15 is 0 Å². The van der Waals surface area contributed by atoms with E-state index < -0.39 is 0 Å². The molecular weight excluding hydrogens is 320 g/mol. The Bertz CT molecular complexity index is 710. The zero-order valence-electron chi connectivity index (χ0n) is 10.1. The molecule has 94 valence electrons. The highest BCUT2D eigenvalue weighted by Crippen LogP contribution is 2.29. The summed E-state index contributed by atoms with van der Waals surface area (Å²) >= 11 is 5.31. The summed E-state index contributed by atoms with van der Waals surface area (Å²) in [5.41, 5.74) is 2.27. The summed E-state index contributed by atoms with van der Waals surface area (Å²) in [6.07, 6.45) is 1.63. The van der Waals surface area contributed by atoms with Crippen LogP contribution in [-0.4, -0.2) is 9.97 Å². The molecule has 3 rings (SSSR count). The lowest BCUT2D eigenvalue weighted by Gasteiger charge is -2.06. The van der Waals surface area contributed by atoms with Crippen LogP contribution < -0.4 is 0 Å².